The largest absolute Gasteiger partial charge is 0.355 e. The smallest absolute Gasteiger partial charge is 0.296 e. The van der Waals surface area contributed by atoms with Crippen molar-refractivity contribution in [3.05, 3.63) is 59.3 Å². The van der Waals surface area contributed by atoms with E-state index in [-0.39, 0.29) is 21.5 Å². The standard InChI is InChI=1S/C26H31IN4O6S2/c1-26(2)19-15-17(39(35,36)37-5)11-12-20(19)31(14-8-13-28-22(32)16-27)21(26)10-7-6-9-18-23(33)29(3)25(38)30(4)24(18)34/h6-7,9-12,15H,8,13-14,16H2,1-5H3,(H,28,32)/b7-6+,21-10+. The van der Waals surface area contributed by atoms with Gasteiger partial charge in [-0.05, 0) is 54.6 Å². The van der Waals surface area contributed by atoms with Gasteiger partial charge in [-0.2, -0.15) is 8.42 Å². The molecule has 10 nitrogen and oxygen atoms in total. The lowest BCUT2D eigenvalue weighted by Gasteiger charge is -2.31. The van der Waals surface area contributed by atoms with E-state index in [1.54, 1.807) is 24.3 Å². The van der Waals surface area contributed by atoms with Crippen molar-refractivity contribution in [2.45, 2.75) is 30.6 Å². The maximum Gasteiger partial charge on any atom is 0.296 e. The van der Waals surface area contributed by atoms with Gasteiger partial charge >= 0.3 is 0 Å². The number of rotatable bonds is 9. The van der Waals surface area contributed by atoms with E-state index in [2.05, 4.69) is 10.2 Å². The Hall–Kier alpha value is -2.62. The molecule has 0 unspecified atom stereocenters. The molecule has 0 radical (unpaired) electrons. The number of allylic oxidation sites excluding steroid dienone is 5. The van der Waals surface area contributed by atoms with Gasteiger partial charge in [0.25, 0.3) is 21.9 Å². The van der Waals surface area contributed by atoms with E-state index in [9.17, 15) is 22.8 Å². The summed E-state index contributed by atoms with van der Waals surface area (Å²) < 4.78 is 29.8. The summed E-state index contributed by atoms with van der Waals surface area (Å²) in [5.41, 5.74) is 1.96. The lowest BCUT2D eigenvalue weighted by atomic mass is 9.83. The molecule has 0 aromatic heterocycles. The van der Waals surface area contributed by atoms with Gasteiger partial charge < -0.3 is 10.2 Å². The summed E-state index contributed by atoms with van der Waals surface area (Å²) in [4.78, 5) is 41.4. The van der Waals surface area contributed by atoms with Crippen molar-refractivity contribution in [1.29, 1.82) is 0 Å². The van der Waals surface area contributed by atoms with Gasteiger partial charge in [-0.3, -0.25) is 28.4 Å². The molecule has 2 aliphatic rings. The van der Waals surface area contributed by atoms with Gasteiger partial charge in [0.2, 0.25) is 5.91 Å². The zero-order valence-corrected chi connectivity index (χ0v) is 26.1. The average Bonchev–Trinajstić information content (AvgIpc) is 3.13. The first kappa shape index (κ1) is 30.9. The minimum Gasteiger partial charge on any atom is -0.355 e. The minimum atomic E-state index is -3.88. The number of carbonyl (C=O) groups is 3. The van der Waals surface area contributed by atoms with Crippen LogP contribution in [-0.2, 0) is 34.1 Å². The SMILES string of the molecule is COS(=O)(=O)c1ccc2c(c1)C(C)(C)/C(=C\C=C\C=C1C(=O)N(C)C(=S)N(C)C1=O)N2CCCNC(=O)CI. The molecule has 2 aliphatic heterocycles. The lowest BCUT2D eigenvalue weighted by Crippen LogP contribution is -2.52. The Kier molecular flexibility index (Phi) is 9.73. The predicted molar refractivity (Wildman–Crippen MR) is 161 cm³/mol. The van der Waals surface area contributed by atoms with Crippen molar-refractivity contribution in [3.8, 4) is 0 Å². The molecule has 0 atom stereocenters. The van der Waals surface area contributed by atoms with Crippen LogP contribution in [-0.4, -0.2) is 79.8 Å². The van der Waals surface area contributed by atoms with Gasteiger partial charge in [-0.25, -0.2) is 0 Å². The van der Waals surface area contributed by atoms with Crippen molar-refractivity contribution < 1.29 is 27.0 Å². The van der Waals surface area contributed by atoms with Crippen LogP contribution in [0.25, 0.3) is 0 Å². The van der Waals surface area contributed by atoms with Crippen LogP contribution in [0.3, 0.4) is 0 Å². The number of nitrogens with zero attached hydrogens (tertiary/aromatic N) is 3. The number of nitrogens with one attached hydrogen (secondary N) is 1. The molecule has 0 aliphatic carbocycles. The maximum absolute atomic E-state index is 12.6. The van der Waals surface area contributed by atoms with Crippen LogP contribution < -0.4 is 10.2 Å². The third-order valence-electron chi connectivity index (χ3n) is 6.65. The Morgan fingerprint density at radius 1 is 1.13 bits per heavy atom. The van der Waals surface area contributed by atoms with Gasteiger partial charge in [0.05, 0.1) is 16.4 Å². The van der Waals surface area contributed by atoms with Crippen molar-refractivity contribution in [1.82, 2.24) is 15.1 Å². The van der Waals surface area contributed by atoms with E-state index in [1.165, 1.54) is 36.0 Å². The molecule has 0 bridgehead atoms. The number of thiocarbonyl (C=S) groups is 1. The molecule has 210 valence electrons. The van der Waals surface area contributed by atoms with Crippen molar-refractivity contribution in [3.63, 3.8) is 0 Å². The lowest BCUT2D eigenvalue weighted by molar-refractivity contribution is -0.132. The molecular weight excluding hydrogens is 655 g/mol. The number of fused-ring (bicyclic) bond motifs is 1. The molecule has 1 aromatic rings. The van der Waals surface area contributed by atoms with Crippen LogP contribution in [0.15, 0.2) is 58.7 Å². The molecule has 13 heteroatoms. The van der Waals surface area contributed by atoms with Crippen LogP contribution >= 0.6 is 34.8 Å². The van der Waals surface area contributed by atoms with Gasteiger partial charge in [0.15, 0.2) is 5.11 Å². The number of carbonyl (C=O) groups excluding carboxylic acids is 3. The molecule has 1 saturated heterocycles. The van der Waals surface area contributed by atoms with E-state index in [0.29, 0.717) is 23.9 Å². The van der Waals surface area contributed by atoms with E-state index in [4.69, 9.17) is 16.4 Å². The summed E-state index contributed by atoms with van der Waals surface area (Å²) in [5, 5.41) is 3.01. The molecule has 1 fully saturated rings. The van der Waals surface area contributed by atoms with Crippen molar-refractivity contribution in [2.75, 3.05) is 43.6 Å². The van der Waals surface area contributed by atoms with Gasteiger partial charge in [0.1, 0.15) is 5.57 Å². The first-order valence-electron chi connectivity index (χ1n) is 12.0. The Balaban J connectivity index is 1.97. The molecule has 0 spiro atoms. The normalized spacial score (nSPS) is 18.4. The second-order valence-corrected chi connectivity index (χ2v) is 12.3. The molecule has 1 N–H and O–H groups in total. The maximum atomic E-state index is 12.6. The highest BCUT2D eigenvalue weighted by Gasteiger charge is 2.40. The molecular formula is C26H31IN4O6S2. The van der Waals surface area contributed by atoms with Crippen molar-refractivity contribution >= 4 is 73.4 Å². The number of benzene rings is 1. The Labute approximate surface area is 248 Å². The van der Waals surface area contributed by atoms with Gasteiger partial charge in [0, 0.05) is 44.0 Å². The fourth-order valence-corrected chi connectivity index (χ4v) is 5.58. The quantitative estimate of drug-likeness (QED) is 0.0803. The number of hydrogen-bond acceptors (Lipinski definition) is 8. The summed E-state index contributed by atoms with van der Waals surface area (Å²) in [6, 6.07) is 4.89. The molecule has 2 heterocycles. The Morgan fingerprint density at radius 3 is 2.33 bits per heavy atom. The first-order chi connectivity index (χ1) is 18.3. The summed E-state index contributed by atoms with van der Waals surface area (Å²) in [6.45, 7) is 5.04. The zero-order valence-electron chi connectivity index (χ0n) is 22.4. The molecule has 1 aromatic carbocycles. The van der Waals surface area contributed by atoms with Crippen LogP contribution in [0.1, 0.15) is 25.8 Å². The number of anilines is 1. The Morgan fingerprint density at radius 2 is 1.74 bits per heavy atom. The van der Waals surface area contributed by atoms with Gasteiger partial charge in [-0.1, -0.05) is 48.6 Å². The minimum absolute atomic E-state index is 0.00510. The third-order valence-corrected chi connectivity index (χ3v) is 9.16. The van der Waals surface area contributed by atoms with Crippen LogP contribution in [0.4, 0.5) is 5.69 Å². The second-order valence-electron chi connectivity index (χ2n) is 9.44. The summed E-state index contributed by atoms with van der Waals surface area (Å²) >= 11 is 7.13. The van der Waals surface area contributed by atoms with Crippen LogP contribution in [0.2, 0.25) is 0 Å². The highest BCUT2D eigenvalue weighted by Crippen LogP contribution is 2.48. The number of alkyl halides is 1. The zero-order chi connectivity index (χ0) is 29.1. The number of hydrogen-bond donors (Lipinski definition) is 1. The van der Waals surface area contributed by atoms with E-state index in [1.807, 2.05) is 42.5 Å². The van der Waals surface area contributed by atoms with Crippen molar-refractivity contribution in [2.24, 2.45) is 0 Å². The number of halogens is 1. The molecule has 39 heavy (non-hydrogen) atoms. The average molecular weight is 687 g/mol. The second kappa shape index (κ2) is 12.3. The summed E-state index contributed by atoms with van der Waals surface area (Å²) in [7, 11) is 0.276. The van der Waals surface area contributed by atoms with Gasteiger partial charge in [-0.15, -0.1) is 0 Å². The highest BCUT2D eigenvalue weighted by atomic mass is 127. The van der Waals surface area contributed by atoms with Crippen LogP contribution in [0, 0.1) is 0 Å². The number of likely N-dealkylation sites (N-methyl/N-ethyl adjacent to an activating group) is 2. The predicted octanol–water partition coefficient (Wildman–Crippen LogP) is 2.64. The first-order valence-corrected chi connectivity index (χ1v) is 15.4. The monoisotopic (exact) mass is 686 g/mol. The van der Waals surface area contributed by atoms with E-state index in [0.717, 1.165) is 24.1 Å². The fourth-order valence-electron chi connectivity index (χ4n) is 4.45. The highest BCUT2D eigenvalue weighted by molar-refractivity contribution is 14.1. The third kappa shape index (κ3) is 6.26. The van der Waals surface area contributed by atoms with E-state index < -0.39 is 27.3 Å². The summed E-state index contributed by atoms with van der Waals surface area (Å²) in [6.07, 6.45) is 7.34. The van der Waals surface area contributed by atoms with Crippen LogP contribution in [0.5, 0.6) is 0 Å². The molecule has 0 saturated carbocycles. The number of amides is 3. The van der Waals surface area contributed by atoms with E-state index >= 15 is 0 Å². The molecule has 3 rings (SSSR count). The summed E-state index contributed by atoms with van der Waals surface area (Å²) in [5.74, 6) is -0.991. The Bertz CT molecular complexity index is 1370. The topological polar surface area (TPSA) is 116 Å². The molecule has 3 amide bonds. The fraction of sp³-hybridized carbons (Fsp3) is 0.385.